The molecule has 4 heteroatoms. The molecule has 1 atom stereocenters. The number of nitrogens with zero attached hydrogens (tertiary/aromatic N) is 1. The van der Waals surface area contributed by atoms with Crippen molar-refractivity contribution in [1.82, 2.24) is 10.2 Å². The second-order valence-electron chi connectivity index (χ2n) is 6.63. The van der Waals surface area contributed by atoms with Crippen LogP contribution in [0.2, 0.25) is 0 Å². The van der Waals surface area contributed by atoms with E-state index >= 15 is 0 Å². The lowest BCUT2D eigenvalue weighted by atomic mass is 10.0. The zero-order chi connectivity index (χ0) is 17.6. The third-order valence-electron chi connectivity index (χ3n) is 4.71. The number of carbonyl (C=O) groups is 2. The molecule has 1 aliphatic heterocycles. The summed E-state index contributed by atoms with van der Waals surface area (Å²) in [7, 11) is 0. The van der Waals surface area contributed by atoms with Crippen LogP contribution >= 0.6 is 0 Å². The highest BCUT2D eigenvalue weighted by Crippen LogP contribution is 2.15. The minimum atomic E-state index is 0.0216. The first-order valence-corrected chi connectivity index (χ1v) is 8.81. The van der Waals surface area contributed by atoms with Gasteiger partial charge in [-0.3, -0.25) is 9.59 Å². The standard InChI is InChI=1S/C21H24N2O2/c1-16-8-5-6-11-18(16)14-20(24)22-19-12-7-13-23(15-19)21(25)17-9-3-2-4-10-17/h2-6,8-11,19H,7,12-15H2,1H3,(H,22,24)/t19-/m1/s1. The Bertz CT molecular complexity index is 743. The zero-order valence-electron chi connectivity index (χ0n) is 14.6. The minimum absolute atomic E-state index is 0.0216. The third-order valence-corrected chi connectivity index (χ3v) is 4.71. The summed E-state index contributed by atoms with van der Waals surface area (Å²) in [6.45, 7) is 3.34. The van der Waals surface area contributed by atoms with Crippen molar-refractivity contribution >= 4 is 11.8 Å². The number of hydrogen-bond acceptors (Lipinski definition) is 2. The van der Waals surface area contributed by atoms with Crippen molar-refractivity contribution < 1.29 is 9.59 Å². The molecular weight excluding hydrogens is 312 g/mol. The van der Waals surface area contributed by atoms with Crippen LogP contribution < -0.4 is 5.32 Å². The number of nitrogens with one attached hydrogen (secondary N) is 1. The maximum absolute atomic E-state index is 12.6. The lowest BCUT2D eigenvalue weighted by Gasteiger charge is -2.33. The van der Waals surface area contributed by atoms with Crippen LogP contribution in [0.15, 0.2) is 54.6 Å². The Hall–Kier alpha value is -2.62. The van der Waals surface area contributed by atoms with Gasteiger partial charge < -0.3 is 10.2 Å². The van der Waals surface area contributed by atoms with Crippen LogP contribution in [0.25, 0.3) is 0 Å². The quantitative estimate of drug-likeness (QED) is 0.933. The van der Waals surface area contributed by atoms with Gasteiger partial charge in [0.05, 0.1) is 6.42 Å². The molecule has 0 bridgehead atoms. The largest absolute Gasteiger partial charge is 0.351 e. The molecule has 0 radical (unpaired) electrons. The fourth-order valence-corrected chi connectivity index (χ4v) is 3.30. The molecule has 2 amide bonds. The monoisotopic (exact) mass is 336 g/mol. The van der Waals surface area contributed by atoms with Crippen LogP contribution in [-0.4, -0.2) is 35.8 Å². The highest BCUT2D eigenvalue weighted by atomic mass is 16.2. The molecule has 25 heavy (non-hydrogen) atoms. The summed E-state index contributed by atoms with van der Waals surface area (Å²) in [5, 5.41) is 3.10. The first-order valence-electron chi connectivity index (χ1n) is 8.81. The summed E-state index contributed by atoms with van der Waals surface area (Å²) in [4.78, 5) is 26.8. The Balaban J connectivity index is 1.57. The Morgan fingerprint density at radius 2 is 1.80 bits per heavy atom. The van der Waals surface area contributed by atoms with Gasteiger partial charge >= 0.3 is 0 Å². The van der Waals surface area contributed by atoms with Gasteiger partial charge in [-0.15, -0.1) is 0 Å². The average Bonchev–Trinajstić information content (AvgIpc) is 2.64. The van der Waals surface area contributed by atoms with Gasteiger partial charge in [-0.2, -0.15) is 0 Å². The van der Waals surface area contributed by atoms with E-state index in [4.69, 9.17) is 0 Å². The molecule has 2 aromatic rings. The van der Waals surface area contributed by atoms with Gasteiger partial charge in [0.25, 0.3) is 5.91 Å². The van der Waals surface area contributed by atoms with Gasteiger partial charge in [0.1, 0.15) is 0 Å². The SMILES string of the molecule is Cc1ccccc1CC(=O)N[C@@H]1CCCN(C(=O)c2ccccc2)C1. The summed E-state index contributed by atoms with van der Waals surface area (Å²) in [5.74, 6) is 0.0618. The van der Waals surface area contributed by atoms with Crippen molar-refractivity contribution in [2.75, 3.05) is 13.1 Å². The molecule has 0 spiro atoms. The van der Waals surface area contributed by atoms with E-state index in [2.05, 4.69) is 5.32 Å². The smallest absolute Gasteiger partial charge is 0.253 e. The normalized spacial score (nSPS) is 17.2. The maximum Gasteiger partial charge on any atom is 0.253 e. The summed E-state index contributed by atoms with van der Waals surface area (Å²) < 4.78 is 0. The van der Waals surface area contributed by atoms with E-state index in [0.717, 1.165) is 30.5 Å². The van der Waals surface area contributed by atoms with E-state index in [0.29, 0.717) is 18.5 Å². The summed E-state index contributed by atoms with van der Waals surface area (Å²) in [6, 6.07) is 17.3. The van der Waals surface area contributed by atoms with Gasteiger partial charge in [-0.1, -0.05) is 42.5 Å². The molecule has 1 fully saturated rings. The molecular formula is C21H24N2O2. The van der Waals surface area contributed by atoms with E-state index in [-0.39, 0.29) is 17.9 Å². The van der Waals surface area contributed by atoms with E-state index in [1.54, 1.807) is 0 Å². The molecule has 4 nitrogen and oxygen atoms in total. The Labute approximate surface area is 148 Å². The molecule has 0 unspecified atom stereocenters. The number of rotatable bonds is 4. The Morgan fingerprint density at radius 3 is 2.56 bits per heavy atom. The van der Waals surface area contributed by atoms with E-state index in [9.17, 15) is 9.59 Å². The van der Waals surface area contributed by atoms with Crippen LogP contribution in [0, 0.1) is 6.92 Å². The van der Waals surface area contributed by atoms with Crippen LogP contribution in [0.5, 0.6) is 0 Å². The van der Waals surface area contributed by atoms with Gasteiger partial charge in [0, 0.05) is 24.7 Å². The Kier molecular flexibility index (Phi) is 5.49. The molecule has 3 rings (SSSR count). The maximum atomic E-state index is 12.6. The number of carbonyl (C=O) groups excluding carboxylic acids is 2. The molecule has 0 aliphatic carbocycles. The van der Waals surface area contributed by atoms with Crippen molar-refractivity contribution in [3.05, 3.63) is 71.3 Å². The first kappa shape index (κ1) is 17.2. The topological polar surface area (TPSA) is 49.4 Å². The fourth-order valence-electron chi connectivity index (χ4n) is 3.30. The van der Waals surface area contributed by atoms with E-state index in [1.807, 2.05) is 66.4 Å². The first-order chi connectivity index (χ1) is 12.1. The molecule has 0 saturated carbocycles. The summed E-state index contributed by atoms with van der Waals surface area (Å²) in [6.07, 6.45) is 2.21. The van der Waals surface area contributed by atoms with Crippen molar-refractivity contribution in [1.29, 1.82) is 0 Å². The third kappa shape index (κ3) is 4.47. The lowest BCUT2D eigenvalue weighted by molar-refractivity contribution is -0.121. The molecule has 1 saturated heterocycles. The van der Waals surface area contributed by atoms with Gasteiger partial charge in [-0.25, -0.2) is 0 Å². The van der Waals surface area contributed by atoms with Crippen LogP contribution in [0.4, 0.5) is 0 Å². The van der Waals surface area contributed by atoms with Crippen molar-refractivity contribution in [2.24, 2.45) is 0 Å². The number of aryl methyl sites for hydroxylation is 1. The second kappa shape index (κ2) is 7.97. The van der Waals surface area contributed by atoms with Crippen molar-refractivity contribution in [3.8, 4) is 0 Å². The predicted octanol–water partition coefficient (Wildman–Crippen LogP) is 2.96. The van der Waals surface area contributed by atoms with Gasteiger partial charge in [0.15, 0.2) is 0 Å². The molecule has 1 heterocycles. The van der Waals surface area contributed by atoms with Crippen LogP contribution in [0.1, 0.15) is 34.3 Å². The zero-order valence-corrected chi connectivity index (χ0v) is 14.6. The number of likely N-dealkylation sites (tertiary alicyclic amines) is 1. The van der Waals surface area contributed by atoms with Crippen LogP contribution in [0.3, 0.4) is 0 Å². The number of benzene rings is 2. The molecule has 2 aromatic carbocycles. The van der Waals surface area contributed by atoms with Crippen LogP contribution in [-0.2, 0) is 11.2 Å². The second-order valence-corrected chi connectivity index (χ2v) is 6.63. The van der Waals surface area contributed by atoms with Gasteiger partial charge in [-0.05, 0) is 43.0 Å². The van der Waals surface area contributed by atoms with E-state index < -0.39 is 0 Å². The minimum Gasteiger partial charge on any atom is -0.351 e. The van der Waals surface area contributed by atoms with Crippen molar-refractivity contribution in [3.63, 3.8) is 0 Å². The molecule has 1 aliphatic rings. The number of amides is 2. The average molecular weight is 336 g/mol. The molecule has 130 valence electrons. The van der Waals surface area contributed by atoms with E-state index in [1.165, 1.54) is 0 Å². The molecule has 0 aromatic heterocycles. The highest BCUT2D eigenvalue weighted by molar-refractivity contribution is 5.94. The Morgan fingerprint density at radius 1 is 1.08 bits per heavy atom. The number of hydrogen-bond donors (Lipinski definition) is 1. The fraction of sp³-hybridized carbons (Fsp3) is 0.333. The molecule has 1 N–H and O–H groups in total. The lowest BCUT2D eigenvalue weighted by Crippen LogP contribution is -2.50. The van der Waals surface area contributed by atoms with Gasteiger partial charge in [0.2, 0.25) is 5.91 Å². The predicted molar refractivity (Wildman–Crippen MR) is 98.4 cm³/mol. The summed E-state index contributed by atoms with van der Waals surface area (Å²) >= 11 is 0. The van der Waals surface area contributed by atoms with Crippen molar-refractivity contribution in [2.45, 2.75) is 32.2 Å². The highest BCUT2D eigenvalue weighted by Gasteiger charge is 2.25. The number of piperidine rings is 1. The summed E-state index contributed by atoms with van der Waals surface area (Å²) in [5.41, 5.74) is 2.88.